The first-order valence-electron chi connectivity index (χ1n) is 7.30. The van der Waals surface area contributed by atoms with Crippen LogP contribution in [0.15, 0.2) is 22.7 Å². The molecular weight excluding hydrogens is 305 g/mol. The fraction of sp³-hybridized carbons (Fsp3) is 0.625. The van der Waals surface area contributed by atoms with Crippen LogP contribution in [0, 0.1) is 17.7 Å². The third-order valence-electron chi connectivity index (χ3n) is 4.17. The van der Waals surface area contributed by atoms with E-state index < -0.39 is 0 Å². The molecule has 0 heterocycles. The zero-order valence-electron chi connectivity index (χ0n) is 11.8. The van der Waals surface area contributed by atoms with Crippen molar-refractivity contribution in [2.24, 2.45) is 11.8 Å². The molecule has 0 aromatic heterocycles. The fourth-order valence-electron chi connectivity index (χ4n) is 3.29. The molecule has 1 aliphatic carbocycles. The number of nitrogens with one attached hydrogen (secondary N) is 1. The van der Waals surface area contributed by atoms with Gasteiger partial charge in [0.2, 0.25) is 0 Å². The van der Waals surface area contributed by atoms with Gasteiger partial charge in [-0.2, -0.15) is 0 Å². The SMILES string of the molecule is CCNC(c1ccc(F)cc1Br)C1CCCC(C)C1. The zero-order valence-corrected chi connectivity index (χ0v) is 13.3. The molecule has 1 aromatic rings. The molecule has 1 aromatic carbocycles. The van der Waals surface area contributed by atoms with Crippen LogP contribution in [0.1, 0.15) is 51.1 Å². The Bertz CT molecular complexity index is 421. The smallest absolute Gasteiger partial charge is 0.124 e. The van der Waals surface area contributed by atoms with Gasteiger partial charge >= 0.3 is 0 Å². The van der Waals surface area contributed by atoms with Crippen molar-refractivity contribution in [3.05, 3.63) is 34.1 Å². The van der Waals surface area contributed by atoms with Crippen molar-refractivity contribution in [3.8, 4) is 0 Å². The monoisotopic (exact) mass is 327 g/mol. The molecule has 1 aliphatic rings. The highest BCUT2D eigenvalue weighted by Crippen LogP contribution is 2.39. The second-order valence-electron chi connectivity index (χ2n) is 5.73. The van der Waals surface area contributed by atoms with E-state index in [4.69, 9.17) is 0 Å². The molecule has 19 heavy (non-hydrogen) atoms. The van der Waals surface area contributed by atoms with Crippen LogP contribution >= 0.6 is 15.9 Å². The van der Waals surface area contributed by atoms with Gasteiger partial charge in [0.05, 0.1) is 0 Å². The quantitative estimate of drug-likeness (QED) is 0.814. The maximum absolute atomic E-state index is 13.3. The first kappa shape index (κ1) is 15.0. The normalized spacial score (nSPS) is 25.3. The van der Waals surface area contributed by atoms with E-state index in [0.717, 1.165) is 16.9 Å². The molecule has 1 saturated carbocycles. The van der Waals surface area contributed by atoms with Crippen molar-refractivity contribution in [3.63, 3.8) is 0 Å². The van der Waals surface area contributed by atoms with E-state index in [1.165, 1.54) is 31.2 Å². The van der Waals surface area contributed by atoms with E-state index in [2.05, 4.69) is 35.1 Å². The predicted molar refractivity (Wildman–Crippen MR) is 81.6 cm³/mol. The Kier molecular flexibility index (Phi) is 5.40. The summed E-state index contributed by atoms with van der Waals surface area (Å²) in [4.78, 5) is 0. The van der Waals surface area contributed by atoms with Crippen LogP contribution in [0.2, 0.25) is 0 Å². The maximum atomic E-state index is 13.3. The van der Waals surface area contributed by atoms with Crippen molar-refractivity contribution in [1.29, 1.82) is 0 Å². The highest BCUT2D eigenvalue weighted by atomic mass is 79.9. The Hall–Kier alpha value is -0.410. The number of benzene rings is 1. The molecule has 1 nitrogen and oxygen atoms in total. The molecule has 1 fully saturated rings. The van der Waals surface area contributed by atoms with Crippen molar-refractivity contribution < 1.29 is 4.39 Å². The van der Waals surface area contributed by atoms with Crippen molar-refractivity contribution in [2.75, 3.05) is 6.54 Å². The lowest BCUT2D eigenvalue weighted by Gasteiger charge is -2.34. The minimum absolute atomic E-state index is 0.178. The van der Waals surface area contributed by atoms with E-state index >= 15 is 0 Å². The average Bonchev–Trinajstić information content (AvgIpc) is 2.37. The molecule has 0 bridgehead atoms. The highest BCUT2D eigenvalue weighted by Gasteiger charge is 2.28. The van der Waals surface area contributed by atoms with Crippen LogP contribution in [-0.2, 0) is 0 Å². The highest BCUT2D eigenvalue weighted by molar-refractivity contribution is 9.10. The van der Waals surface area contributed by atoms with Gasteiger partial charge in [0.15, 0.2) is 0 Å². The molecule has 0 saturated heterocycles. The maximum Gasteiger partial charge on any atom is 0.124 e. The minimum atomic E-state index is -0.178. The van der Waals surface area contributed by atoms with E-state index in [1.807, 2.05) is 6.07 Å². The Morgan fingerprint density at radius 1 is 1.42 bits per heavy atom. The third-order valence-corrected chi connectivity index (χ3v) is 4.86. The molecule has 0 amide bonds. The largest absolute Gasteiger partial charge is 0.310 e. The lowest BCUT2D eigenvalue weighted by atomic mass is 9.76. The predicted octanol–water partition coefficient (Wildman–Crippen LogP) is 5.07. The molecular formula is C16H23BrFN. The van der Waals surface area contributed by atoms with Crippen LogP contribution < -0.4 is 5.32 Å². The first-order chi connectivity index (χ1) is 9.11. The number of rotatable bonds is 4. The summed E-state index contributed by atoms with van der Waals surface area (Å²) in [5, 5.41) is 3.60. The molecule has 3 unspecified atom stereocenters. The lowest BCUT2D eigenvalue weighted by Crippen LogP contribution is -2.31. The summed E-state index contributed by atoms with van der Waals surface area (Å²) >= 11 is 3.52. The molecule has 1 N–H and O–H groups in total. The standard InChI is InChI=1S/C16H23BrFN/c1-3-19-16(12-6-4-5-11(2)9-12)14-8-7-13(18)10-15(14)17/h7-8,10-12,16,19H,3-6,9H2,1-2H3. The number of hydrogen-bond acceptors (Lipinski definition) is 1. The van der Waals surface area contributed by atoms with Crippen molar-refractivity contribution >= 4 is 15.9 Å². The van der Waals surface area contributed by atoms with Gasteiger partial charge in [-0.1, -0.05) is 48.7 Å². The molecule has 3 heteroatoms. The van der Waals surface area contributed by atoms with Crippen LogP contribution in [0.25, 0.3) is 0 Å². The van der Waals surface area contributed by atoms with Crippen LogP contribution in [0.5, 0.6) is 0 Å². The average molecular weight is 328 g/mol. The Morgan fingerprint density at radius 3 is 2.84 bits per heavy atom. The van der Waals surface area contributed by atoms with Crippen LogP contribution in [0.4, 0.5) is 4.39 Å². The van der Waals surface area contributed by atoms with Gasteiger partial charge in [-0.15, -0.1) is 0 Å². The van der Waals surface area contributed by atoms with Crippen molar-refractivity contribution in [1.82, 2.24) is 5.32 Å². The summed E-state index contributed by atoms with van der Waals surface area (Å²) in [5.41, 5.74) is 1.20. The topological polar surface area (TPSA) is 12.0 Å². The molecule has 0 radical (unpaired) electrons. The summed E-state index contributed by atoms with van der Waals surface area (Å²) in [6.45, 7) is 5.42. The van der Waals surface area contributed by atoms with E-state index in [9.17, 15) is 4.39 Å². The molecule has 3 atom stereocenters. The number of hydrogen-bond donors (Lipinski definition) is 1. The lowest BCUT2D eigenvalue weighted by molar-refractivity contribution is 0.225. The van der Waals surface area contributed by atoms with Gasteiger partial charge in [-0.05, 0) is 48.9 Å². The van der Waals surface area contributed by atoms with E-state index in [-0.39, 0.29) is 5.82 Å². The van der Waals surface area contributed by atoms with Gasteiger partial charge in [-0.3, -0.25) is 0 Å². The summed E-state index contributed by atoms with van der Waals surface area (Å²) < 4.78 is 14.1. The Labute approximate surface area is 124 Å². The molecule has 0 spiro atoms. The molecule has 0 aliphatic heterocycles. The minimum Gasteiger partial charge on any atom is -0.310 e. The summed E-state index contributed by atoms with van der Waals surface area (Å²) in [6, 6.07) is 5.40. The van der Waals surface area contributed by atoms with Crippen LogP contribution in [0.3, 0.4) is 0 Å². The summed E-state index contributed by atoms with van der Waals surface area (Å²) in [5.74, 6) is 1.28. The summed E-state index contributed by atoms with van der Waals surface area (Å²) in [6.07, 6.45) is 5.19. The van der Waals surface area contributed by atoms with Gasteiger partial charge in [0, 0.05) is 10.5 Å². The van der Waals surface area contributed by atoms with Gasteiger partial charge < -0.3 is 5.32 Å². The van der Waals surface area contributed by atoms with E-state index in [1.54, 1.807) is 12.1 Å². The molecule has 106 valence electrons. The van der Waals surface area contributed by atoms with Gasteiger partial charge in [-0.25, -0.2) is 4.39 Å². The van der Waals surface area contributed by atoms with E-state index in [0.29, 0.717) is 12.0 Å². The first-order valence-corrected chi connectivity index (χ1v) is 8.09. The van der Waals surface area contributed by atoms with Crippen LogP contribution in [-0.4, -0.2) is 6.54 Å². The summed E-state index contributed by atoms with van der Waals surface area (Å²) in [7, 11) is 0. The fourth-order valence-corrected chi connectivity index (χ4v) is 3.89. The number of halogens is 2. The Morgan fingerprint density at radius 2 is 2.21 bits per heavy atom. The Balaban J connectivity index is 2.23. The van der Waals surface area contributed by atoms with Gasteiger partial charge in [0.1, 0.15) is 5.82 Å². The van der Waals surface area contributed by atoms with Gasteiger partial charge in [0.25, 0.3) is 0 Å². The zero-order chi connectivity index (χ0) is 13.8. The second-order valence-corrected chi connectivity index (χ2v) is 6.59. The third kappa shape index (κ3) is 3.79. The van der Waals surface area contributed by atoms with Crippen molar-refractivity contribution in [2.45, 2.75) is 45.6 Å². The molecule has 2 rings (SSSR count). The second kappa shape index (κ2) is 6.85.